The molecule has 20 heavy (non-hydrogen) atoms. The maximum Gasteiger partial charge on any atom is 0.328 e. The number of morpholine rings is 1. The molecule has 1 unspecified atom stereocenters. The average molecular weight is 364 g/mol. The van der Waals surface area contributed by atoms with Crippen molar-refractivity contribution in [3.8, 4) is 0 Å². The normalized spacial score (nSPS) is 18.7. The minimum absolute atomic E-state index is 0.00938. The maximum atomic E-state index is 12.2. The van der Waals surface area contributed by atoms with Crippen LogP contribution in [0.3, 0.4) is 0 Å². The molecule has 1 heterocycles. The number of nitrogens with one attached hydrogen (secondary N) is 1. The van der Waals surface area contributed by atoms with E-state index < -0.39 is 18.0 Å². The summed E-state index contributed by atoms with van der Waals surface area (Å²) in [6.45, 7) is 0.539. The highest BCUT2D eigenvalue weighted by Crippen LogP contribution is 2.26. The van der Waals surface area contributed by atoms with Crippen molar-refractivity contribution in [1.82, 2.24) is 4.90 Å². The minimum Gasteiger partial charge on any atom is -0.480 e. The van der Waals surface area contributed by atoms with Gasteiger partial charge in [-0.15, -0.1) is 0 Å². The number of hydrogen-bond acceptors (Lipinski definition) is 3. The Balaban J connectivity index is 2.12. The number of carbonyl (C=O) groups excluding carboxylic acids is 1. The molecule has 8 heteroatoms. The topological polar surface area (TPSA) is 78.9 Å². The van der Waals surface area contributed by atoms with E-state index in [0.29, 0.717) is 21.8 Å². The van der Waals surface area contributed by atoms with Gasteiger partial charge in [-0.05, 0) is 34.1 Å². The Hall–Kier alpha value is -1.31. The Kier molecular flexibility index (Phi) is 4.85. The van der Waals surface area contributed by atoms with Gasteiger partial charge < -0.3 is 20.1 Å². The van der Waals surface area contributed by atoms with Gasteiger partial charge in [-0.3, -0.25) is 0 Å². The fourth-order valence-electron chi connectivity index (χ4n) is 1.83. The first-order chi connectivity index (χ1) is 9.49. The van der Waals surface area contributed by atoms with Gasteiger partial charge in [0.2, 0.25) is 0 Å². The summed E-state index contributed by atoms with van der Waals surface area (Å²) in [6, 6.07) is 3.46. The lowest BCUT2D eigenvalue weighted by molar-refractivity contribution is -0.147. The quantitative estimate of drug-likeness (QED) is 0.846. The van der Waals surface area contributed by atoms with Crippen molar-refractivity contribution in [1.29, 1.82) is 0 Å². The number of anilines is 1. The molecular formula is C12H12BrClN2O4. The Morgan fingerprint density at radius 2 is 2.25 bits per heavy atom. The molecule has 6 nitrogen and oxygen atoms in total. The van der Waals surface area contributed by atoms with E-state index in [9.17, 15) is 9.59 Å². The third-order valence-corrected chi connectivity index (χ3v) is 3.74. The summed E-state index contributed by atoms with van der Waals surface area (Å²) in [5.41, 5.74) is 0.523. The molecular weight excluding hydrogens is 351 g/mol. The lowest BCUT2D eigenvalue weighted by atomic mass is 10.2. The molecule has 0 spiro atoms. The third-order valence-electron chi connectivity index (χ3n) is 2.85. The van der Waals surface area contributed by atoms with Gasteiger partial charge in [0, 0.05) is 16.0 Å². The Morgan fingerprint density at radius 3 is 2.90 bits per heavy atom. The smallest absolute Gasteiger partial charge is 0.328 e. The highest BCUT2D eigenvalue weighted by atomic mass is 79.9. The van der Waals surface area contributed by atoms with Crippen molar-refractivity contribution in [2.24, 2.45) is 0 Å². The van der Waals surface area contributed by atoms with Crippen LogP contribution in [-0.2, 0) is 9.53 Å². The summed E-state index contributed by atoms with van der Waals surface area (Å²) in [5, 5.41) is 12.3. The van der Waals surface area contributed by atoms with Gasteiger partial charge in [0.15, 0.2) is 6.04 Å². The second-order valence-corrected chi connectivity index (χ2v) is 5.47. The van der Waals surface area contributed by atoms with Crippen LogP contribution in [-0.4, -0.2) is 47.8 Å². The van der Waals surface area contributed by atoms with Crippen LogP contribution in [0.1, 0.15) is 0 Å². The number of carboxylic acids is 1. The van der Waals surface area contributed by atoms with E-state index >= 15 is 0 Å². The van der Waals surface area contributed by atoms with Crippen LogP contribution in [0.4, 0.5) is 10.5 Å². The minimum atomic E-state index is -1.09. The zero-order valence-corrected chi connectivity index (χ0v) is 12.6. The van der Waals surface area contributed by atoms with Crippen LogP contribution in [0.5, 0.6) is 0 Å². The lowest BCUT2D eigenvalue weighted by Gasteiger charge is -2.32. The molecule has 1 fully saturated rings. The fraction of sp³-hybridized carbons (Fsp3) is 0.333. The van der Waals surface area contributed by atoms with E-state index in [2.05, 4.69) is 21.2 Å². The van der Waals surface area contributed by atoms with Crippen LogP contribution >= 0.6 is 27.5 Å². The van der Waals surface area contributed by atoms with Gasteiger partial charge in [0.25, 0.3) is 0 Å². The lowest BCUT2D eigenvalue weighted by Crippen LogP contribution is -2.53. The molecule has 0 radical (unpaired) electrons. The molecule has 1 aliphatic heterocycles. The summed E-state index contributed by atoms with van der Waals surface area (Å²) < 4.78 is 5.71. The zero-order valence-electron chi connectivity index (χ0n) is 10.3. The standard InChI is InChI=1S/C12H12BrClN2O4/c13-8-5-7(14)1-2-9(8)15-12(19)16-3-4-20-6-10(16)11(17)18/h1-2,5,10H,3-4,6H2,(H,15,19)(H,17,18). The number of hydrogen-bond donors (Lipinski definition) is 2. The highest BCUT2D eigenvalue weighted by Gasteiger charge is 2.32. The number of amides is 2. The number of aliphatic carboxylic acids is 1. The molecule has 108 valence electrons. The van der Waals surface area contributed by atoms with Crippen molar-refractivity contribution in [3.05, 3.63) is 27.7 Å². The molecule has 2 rings (SSSR count). The molecule has 0 bridgehead atoms. The Labute approximate surface area is 128 Å². The van der Waals surface area contributed by atoms with Gasteiger partial charge in [-0.1, -0.05) is 11.6 Å². The van der Waals surface area contributed by atoms with Crippen molar-refractivity contribution < 1.29 is 19.4 Å². The van der Waals surface area contributed by atoms with Crippen LogP contribution in [0.2, 0.25) is 5.02 Å². The van der Waals surface area contributed by atoms with Crippen molar-refractivity contribution in [2.45, 2.75) is 6.04 Å². The predicted octanol–water partition coefficient (Wildman–Crippen LogP) is 2.42. The fourth-order valence-corrected chi connectivity index (χ4v) is 2.61. The second-order valence-electron chi connectivity index (χ2n) is 4.18. The van der Waals surface area contributed by atoms with Gasteiger partial charge in [0.1, 0.15) is 0 Å². The molecule has 1 atom stereocenters. The average Bonchev–Trinajstić information content (AvgIpc) is 2.41. The molecule has 1 saturated heterocycles. The number of ether oxygens (including phenoxy) is 1. The summed E-state index contributed by atoms with van der Waals surface area (Å²) in [4.78, 5) is 24.5. The first kappa shape index (κ1) is 15.1. The van der Waals surface area contributed by atoms with Gasteiger partial charge in [0.05, 0.1) is 18.9 Å². The summed E-state index contributed by atoms with van der Waals surface area (Å²) >= 11 is 9.10. The summed E-state index contributed by atoms with van der Waals surface area (Å²) in [6.07, 6.45) is 0. The Bertz CT molecular complexity index is 540. The number of urea groups is 1. The van der Waals surface area contributed by atoms with E-state index in [1.54, 1.807) is 18.2 Å². The van der Waals surface area contributed by atoms with E-state index in [1.807, 2.05) is 0 Å². The van der Waals surface area contributed by atoms with Gasteiger partial charge in [-0.25, -0.2) is 9.59 Å². The number of carboxylic acid groups (broad SMARTS) is 1. The van der Waals surface area contributed by atoms with Gasteiger partial charge in [-0.2, -0.15) is 0 Å². The summed E-state index contributed by atoms with van der Waals surface area (Å²) in [7, 11) is 0. The van der Waals surface area contributed by atoms with Crippen LogP contribution in [0, 0.1) is 0 Å². The molecule has 0 saturated carbocycles. The van der Waals surface area contributed by atoms with E-state index in [4.69, 9.17) is 21.4 Å². The molecule has 1 aromatic rings. The molecule has 1 aliphatic rings. The molecule has 2 amide bonds. The van der Waals surface area contributed by atoms with Crippen molar-refractivity contribution in [3.63, 3.8) is 0 Å². The van der Waals surface area contributed by atoms with Crippen LogP contribution < -0.4 is 5.32 Å². The summed E-state index contributed by atoms with van der Waals surface area (Å²) in [5.74, 6) is -1.09. The number of nitrogens with zero attached hydrogens (tertiary/aromatic N) is 1. The van der Waals surface area contributed by atoms with Crippen molar-refractivity contribution >= 4 is 45.2 Å². The van der Waals surface area contributed by atoms with E-state index in [-0.39, 0.29) is 13.2 Å². The monoisotopic (exact) mass is 362 g/mol. The van der Waals surface area contributed by atoms with E-state index in [1.165, 1.54) is 4.90 Å². The van der Waals surface area contributed by atoms with Crippen molar-refractivity contribution in [2.75, 3.05) is 25.1 Å². The molecule has 2 N–H and O–H groups in total. The number of benzene rings is 1. The first-order valence-electron chi connectivity index (χ1n) is 5.82. The number of carbonyl (C=O) groups is 2. The van der Waals surface area contributed by atoms with Crippen LogP contribution in [0.15, 0.2) is 22.7 Å². The largest absolute Gasteiger partial charge is 0.480 e. The zero-order chi connectivity index (χ0) is 14.7. The van der Waals surface area contributed by atoms with Gasteiger partial charge >= 0.3 is 12.0 Å². The highest BCUT2D eigenvalue weighted by molar-refractivity contribution is 9.10. The Morgan fingerprint density at radius 1 is 1.50 bits per heavy atom. The number of rotatable bonds is 2. The molecule has 1 aromatic carbocycles. The SMILES string of the molecule is O=C(O)C1COCCN1C(=O)Nc1ccc(Cl)cc1Br. The maximum absolute atomic E-state index is 12.2. The number of halogens is 2. The predicted molar refractivity (Wildman–Crippen MR) is 77.1 cm³/mol. The molecule has 0 aromatic heterocycles. The first-order valence-corrected chi connectivity index (χ1v) is 6.99. The third kappa shape index (κ3) is 3.41. The second kappa shape index (κ2) is 6.43. The van der Waals surface area contributed by atoms with Crippen LogP contribution in [0.25, 0.3) is 0 Å². The van der Waals surface area contributed by atoms with E-state index in [0.717, 1.165) is 0 Å². The molecule has 0 aliphatic carbocycles.